The number of thiophene rings is 1. The lowest BCUT2D eigenvalue weighted by Crippen LogP contribution is -2.21. The molecule has 6 nitrogen and oxygen atoms in total. The minimum Gasteiger partial charge on any atom is -0.490 e. The van der Waals surface area contributed by atoms with Crippen LogP contribution in [0.5, 0.6) is 5.75 Å². The van der Waals surface area contributed by atoms with Crippen LogP contribution >= 0.6 is 11.3 Å². The van der Waals surface area contributed by atoms with Gasteiger partial charge in [-0.2, -0.15) is 0 Å². The Morgan fingerprint density at radius 2 is 1.81 bits per heavy atom. The Bertz CT molecular complexity index is 940. The van der Waals surface area contributed by atoms with Gasteiger partial charge in [-0.25, -0.2) is 0 Å². The third-order valence-corrected chi connectivity index (χ3v) is 6.09. The van der Waals surface area contributed by atoms with Crippen molar-refractivity contribution < 1.29 is 19.7 Å². The van der Waals surface area contributed by atoms with Gasteiger partial charge >= 0.3 is 0 Å². The van der Waals surface area contributed by atoms with Crippen LogP contribution in [0.4, 0.5) is 0 Å². The topological polar surface area (TPSA) is 97.3 Å². The highest BCUT2D eigenvalue weighted by Crippen LogP contribution is 2.34. The summed E-state index contributed by atoms with van der Waals surface area (Å²) >= 11 is 1.60. The van der Waals surface area contributed by atoms with Gasteiger partial charge < -0.3 is 25.5 Å². The zero-order valence-corrected chi connectivity index (χ0v) is 20.8. The molecule has 2 aromatic rings. The van der Waals surface area contributed by atoms with Gasteiger partial charge in [-0.3, -0.25) is 0 Å². The maximum Gasteiger partial charge on any atom is 0.253 e. The van der Waals surface area contributed by atoms with Gasteiger partial charge in [-0.05, 0) is 71.9 Å². The number of aliphatic hydroxyl groups is 2. The van der Waals surface area contributed by atoms with E-state index in [4.69, 9.17) is 20.4 Å². The van der Waals surface area contributed by atoms with Crippen LogP contribution in [-0.2, 0) is 11.2 Å². The Morgan fingerprint density at radius 1 is 1.19 bits per heavy atom. The number of benzene rings is 1. The SMILES string of the molecule is C=C(O/C(=N\N)c1scc(CC(C)C)c1C(C)C)c1cc(C)c(OCC(O)CO)c(C)c1. The predicted molar refractivity (Wildman–Crippen MR) is 132 cm³/mol. The summed E-state index contributed by atoms with van der Waals surface area (Å²) in [4.78, 5) is 0.936. The van der Waals surface area contributed by atoms with E-state index in [2.05, 4.69) is 44.8 Å². The van der Waals surface area contributed by atoms with Gasteiger partial charge in [0.2, 0.25) is 0 Å². The van der Waals surface area contributed by atoms with Crippen LogP contribution in [0.2, 0.25) is 0 Å². The van der Waals surface area contributed by atoms with E-state index in [1.165, 1.54) is 11.1 Å². The van der Waals surface area contributed by atoms with E-state index in [1.54, 1.807) is 11.3 Å². The average Bonchev–Trinajstić information content (AvgIpc) is 3.13. The Hall–Kier alpha value is -2.35. The molecule has 4 N–H and O–H groups in total. The number of ether oxygens (including phenoxy) is 2. The molecule has 0 fully saturated rings. The molecule has 2 rings (SSSR count). The fourth-order valence-corrected chi connectivity index (χ4v) is 4.85. The number of hydrogen-bond donors (Lipinski definition) is 3. The van der Waals surface area contributed by atoms with Gasteiger partial charge in [-0.15, -0.1) is 16.4 Å². The van der Waals surface area contributed by atoms with Gasteiger partial charge in [0, 0.05) is 5.56 Å². The monoisotopic (exact) mass is 460 g/mol. The van der Waals surface area contributed by atoms with Crippen molar-refractivity contribution in [1.29, 1.82) is 0 Å². The van der Waals surface area contributed by atoms with E-state index in [0.29, 0.717) is 29.2 Å². The highest BCUT2D eigenvalue weighted by atomic mass is 32.1. The smallest absolute Gasteiger partial charge is 0.253 e. The highest BCUT2D eigenvalue weighted by Gasteiger charge is 2.22. The van der Waals surface area contributed by atoms with Crippen LogP contribution in [-0.4, -0.2) is 35.4 Å². The molecule has 1 aromatic carbocycles. The molecule has 0 aliphatic rings. The van der Waals surface area contributed by atoms with Crippen molar-refractivity contribution >= 4 is 23.0 Å². The molecule has 1 unspecified atom stereocenters. The molecule has 0 aliphatic carbocycles. The van der Waals surface area contributed by atoms with E-state index in [1.807, 2.05) is 26.0 Å². The Balaban J connectivity index is 2.27. The van der Waals surface area contributed by atoms with Crippen molar-refractivity contribution in [3.05, 3.63) is 56.8 Å². The number of rotatable bonds is 10. The second-order valence-electron chi connectivity index (χ2n) is 8.80. The van der Waals surface area contributed by atoms with Crippen LogP contribution in [0.3, 0.4) is 0 Å². The molecule has 0 aliphatic heterocycles. The molecule has 7 heteroatoms. The van der Waals surface area contributed by atoms with Gasteiger partial charge in [0.15, 0.2) is 0 Å². The third kappa shape index (κ3) is 6.34. The minimum absolute atomic E-state index is 0.0218. The summed E-state index contributed by atoms with van der Waals surface area (Å²) in [6.45, 7) is 16.3. The summed E-state index contributed by atoms with van der Waals surface area (Å²) in [6.07, 6.45) is 0.0739. The second-order valence-corrected chi connectivity index (χ2v) is 9.68. The van der Waals surface area contributed by atoms with Crippen molar-refractivity contribution in [3.8, 4) is 5.75 Å². The van der Waals surface area contributed by atoms with E-state index in [9.17, 15) is 5.11 Å². The van der Waals surface area contributed by atoms with Gasteiger partial charge in [-0.1, -0.05) is 34.3 Å². The van der Waals surface area contributed by atoms with Gasteiger partial charge in [0.05, 0.1) is 11.5 Å². The lowest BCUT2D eigenvalue weighted by atomic mass is 9.94. The average molecular weight is 461 g/mol. The number of aliphatic hydroxyl groups excluding tert-OH is 2. The number of aryl methyl sites for hydroxylation is 2. The van der Waals surface area contributed by atoms with Crippen molar-refractivity contribution in [2.75, 3.05) is 13.2 Å². The molecule has 32 heavy (non-hydrogen) atoms. The van der Waals surface area contributed by atoms with E-state index < -0.39 is 6.10 Å². The van der Waals surface area contributed by atoms with Crippen LogP contribution in [0.15, 0.2) is 29.2 Å². The molecule has 0 spiro atoms. The summed E-state index contributed by atoms with van der Waals surface area (Å²) in [7, 11) is 0. The predicted octanol–water partition coefficient (Wildman–Crippen LogP) is 4.73. The Kier molecular flexibility index (Phi) is 9.31. The molecule has 0 radical (unpaired) electrons. The van der Waals surface area contributed by atoms with Crippen molar-refractivity contribution in [2.24, 2.45) is 16.9 Å². The molecular weight excluding hydrogens is 424 g/mol. The molecule has 0 bridgehead atoms. The molecule has 1 atom stereocenters. The summed E-state index contributed by atoms with van der Waals surface area (Å²) in [5.74, 6) is 8.07. The lowest BCUT2D eigenvalue weighted by molar-refractivity contribution is 0.0532. The molecular formula is C25H36N2O4S. The summed E-state index contributed by atoms with van der Waals surface area (Å²) in [6, 6.07) is 3.82. The normalized spacial score (nSPS) is 13.0. The summed E-state index contributed by atoms with van der Waals surface area (Å²) in [5, 5.41) is 24.7. The van der Waals surface area contributed by atoms with Gasteiger partial charge in [0.25, 0.3) is 5.90 Å². The van der Waals surface area contributed by atoms with Crippen LogP contribution in [0.25, 0.3) is 5.76 Å². The molecule has 0 amide bonds. The Morgan fingerprint density at radius 3 is 2.31 bits per heavy atom. The lowest BCUT2D eigenvalue weighted by Gasteiger charge is -2.18. The first kappa shape index (κ1) is 25.9. The largest absolute Gasteiger partial charge is 0.490 e. The molecule has 1 heterocycles. The first-order valence-corrected chi connectivity index (χ1v) is 11.8. The van der Waals surface area contributed by atoms with E-state index >= 15 is 0 Å². The fraction of sp³-hybridized carbons (Fsp3) is 0.480. The number of hydrogen-bond acceptors (Lipinski definition) is 7. The van der Waals surface area contributed by atoms with Crippen molar-refractivity contribution in [2.45, 2.75) is 60.0 Å². The van der Waals surface area contributed by atoms with Crippen molar-refractivity contribution in [3.63, 3.8) is 0 Å². The fourth-order valence-electron chi connectivity index (χ4n) is 3.68. The van der Waals surface area contributed by atoms with Crippen molar-refractivity contribution in [1.82, 2.24) is 0 Å². The molecule has 0 saturated carbocycles. The Labute approximate surface area is 195 Å². The maximum atomic E-state index is 9.56. The number of nitrogens with two attached hydrogens (primary N) is 1. The quantitative estimate of drug-likeness (QED) is 0.157. The molecule has 176 valence electrons. The van der Waals surface area contributed by atoms with E-state index in [0.717, 1.165) is 28.0 Å². The zero-order chi connectivity index (χ0) is 24.0. The van der Waals surface area contributed by atoms with Crippen LogP contribution < -0.4 is 10.6 Å². The molecule has 0 saturated heterocycles. The standard InChI is InChI=1S/C25H36N2O4S/c1-14(2)8-20-13-32-24(22(20)15(3)4)25(27-26)31-18(7)19-9-16(5)23(17(6)10-19)30-12-21(29)11-28/h9-10,13-15,21,28-29H,7-8,11-12,26H2,1-6H3/b27-25-. The van der Waals surface area contributed by atoms with Gasteiger partial charge in [0.1, 0.15) is 24.2 Å². The highest BCUT2D eigenvalue weighted by molar-refractivity contribution is 7.12. The second kappa shape index (κ2) is 11.5. The summed E-state index contributed by atoms with van der Waals surface area (Å²) < 4.78 is 11.8. The minimum atomic E-state index is -0.920. The third-order valence-electron chi connectivity index (χ3n) is 5.06. The molecule has 1 aromatic heterocycles. The van der Waals surface area contributed by atoms with E-state index in [-0.39, 0.29) is 13.2 Å². The zero-order valence-electron chi connectivity index (χ0n) is 19.9. The first-order valence-electron chi connectivity index (χ1n) is 10.9. The first-order chi connectivity index (χ1) is 15.1. The maximum absolute atomic E-state index is 9.56. The summed E-state index contributed by atoms with van der Waals surface area (Å²) in [5.41, 5.74) is 5.07. The number of hydrazone groups is 1. The van der Waals surface area contributed by atoms with Crippen LogP contribution in [0, 0.1) is 19.8 Å². The van der Waals surface area contributed by atoms with Crippen LogP contribution in [0.1, 0.15) is 66.3 Å². The number of nitrogens with zero attached hydrogens (tertiary/aromatic N) is 1.